The molecule has 1 atom stereocenters. The number of hydrogen-bond acceptors (Lipinski definition) is 4. The Morgan fingerprint density at radius 2 is 2.44 bits per heavy atom. The van der Waals surface area contributed by atoms with Crippen LogP contribution in [0.2, 0.25) is 5.02 Å². The van der Waals surface area contributed by atoms with Crippen molar-refractivity contribution in [2.24, 2.45) is 5.92 Å². The summed E-state index contributed by atoms with van der Waals surface area (Å²) in [7, 11) is 0. The maximum Gasteiger partial charge on any atom is 0.271 e. The van der Waals surface area contributed by atoms with Crippen molar-refractivity contribution in [3.8, 4) is 0 Å². The van der Waals surface area contributed by atoms with Gasteiger partial charge in [-0.05, 0) is 32.7 Å². The molecule has 2 heterocycles. The van der Waals surface area contributed by atoms with E-state index in [0.717, 1.165) is 19.6 Å². The normalized spacial score (nSPS) is 20.6. The van der Waals surface area contributed by atoms with Crippen LogP contribution in [-0.2, 0) is 0 Å². The second kappa shape index (κ2) is 5.71. The quantitative estimate of drug-likeness (QED) is 0.872. The number of anilines is 1. The van der Waals surface area contributed by atoms with E-state index in [2.05, 4.69) is 34.0 Å². The van der Waals surface area contributed by atoms with Crippen LogP contribution < -0.4 is 10.9 Å². The van der Waals surface area contributed by atoms with Gasteiger partial charge >= 0.3 is 0 Å². The molecule has 0 spiro atoms. The van der Waals surface area contributed by atoms with Crippen molar-refractivity contribution < 1.29 is 0 Å². The van der Waals surface area contributed by atoms with Gasteiger partial charge in [0.05, 0.1) is 6.33 Å². The molecule has 1 aromatic rings. The van der Waals surface area contributed by atoms with E-state index < -0.39 is 0 Å². The minimum atomic E-state index is -0.301. The summed E-state index contributed by atoms with van der Waals surface area (Å²) >= 11 is 5.88. The lowest BCUT2D eigenvalue weighted by Crippen LogP contribution is -2.29. The van der Waals surface area contributed by atoms with Crippen molar-refractivity contribution in [2.75, 3.05) is 25.0 Å². The van der Waals surface area contributed by atoms with Crippen LogP contribution in [0.5, 0.6) is 0 Å². The van der Waals surface area contributed by atoms with Crippen LogP contribution in [-0.4, -0.2) is 40.5 Å². The Labute approximate surface area is 112 Å². The molecule has 6 heteroatoms. The molecule has 0 aliphatic carbocycles. The Hall–Kier alpha value is -1.07. The van der Waals surface area contributed by atoms with Gasteiger partial charge in [-0.15, -0.1) is 0 Å². The zero-order chi connectivity index (χ0) is 13.1. The third-order valence-electron chi connectivity index (χ3n) is 3.40. The highest BCUT2D eigenvalue weighted by Gasteiger charge is 2.24. The smallest absolute Gasteiger partial charge is 0.271 e. The number of nitrogens with one attached hydrogen (secondary N) is 2. The summed E-state index contributed by atoms with van der Waals surface area (Å²) in [5.74, 6) is 1.06. The Bertz CT molecular complexity index is 460. The summed E-state index contributed by atoms with van der Waals surface area (Å²) in [5.41, 5.74) is -0.301. The molecule has 100 valence electrons. The van der Waals surface area contributed by atoms with Gasteiger partial charge in [0.2, 0.25) is 0 Å². The monoisotopic (exact) mass is 270 g/mol. The van der Waals surface area contributed by atoms with E-state index in [-0.39, 0.29) is 10.6 Å². The van der Waals surface area contributed by atoms with Gasteiger partial charge in [0.15, 0.2) is 5.82 Å². The van der Waals surface area contributed by atoms with Crippen molar-refractivity contribution in [2.45, 2.75) is 26.3 Å². The molecule has 0 amide bonds. The molecule has 0 bridgehead atoms. The maximum atomic E-state index is 11.3. The molecule has 5 nitrogen and oxygen atoms in total. The fourth-order valence-corrected chi connectivity index (χ4v) is 2.42. The predicted octanol–water partition coefficient (Wildman–Crippen LogP) is 1.57. The number of aromatic nitrogens is 2. The second-order valence-corrected chi connectivity index (χ2v) is 5.40. The van der Waals surface area contributed by atoms with E-state index in [0.29, 0.717) is 17.8 Å². The molecule has 1 fully saturated rings. The highest BCUT2D eigenvalue weighted by atomic mass is 35.5. The van der Waals surface area contributed by atoms with Gasteiger partial charge in [-0.2, -0.15) is 0 Å². The fourth-order valence-electron chi connectivity index (χ4n) is 2.25. The van der Waals surface area contributed by atoms with Crippen molar-refractivity contribution in [1.29, 1.82) is 0 Å². The SMILES string of the molecule is CC(C)N1CCC(CNc2nc[nH]c(=O)c2Cl)C1. The largest absolute Gasteiger partial charge is 0.368 e. The van der Waals surface area contributed by atoms with E-state index in [4.69, 9.17) is 11.6 Å². The van der Waals surface area contributed by atoms with Crippen LogP contribution in [0, 0.1) is 5.92 Å². The average molecular weight is 271 g/mol. The van der Waals surface area contributed by atoms with Crippen LogP contribution >= 0.6 is 11.6 Å². The third kappa shape index (κ3) is 3.03. The molecule has 2 N–H and O–H groups in total. The molecule has 18 heavy (non-hydrogen) atoms. The highest BCUT2D eigenvalue weighted by molar-refractivity contribution is 6.32. The third-order valence-corrected chi connectivity index (χ3v) is 3.75. The molecule has 1 aliphatic heterocycles. The minimum Gasteiger partial charge on any atom is -0.368 e. The summed E-state index contributed by atoms with van der Waals surface area (Å²) in [5, 5.41) is 3.30. The fraction of sp³-hybridized carbons (Fsp3) is 0.667. The molecule has 1 aromatic heterocycles. The van der Waals surface area contributed by atoms with Gasteiger partial charge in [-0.3, -0.25) is 4.79 Å². The molecule has 0 saturated carbocycles. The van der Waals surface area contributed by atoms with E-state index in [1.807, 2.05) is 0 Å². The van der Waals surface area contributed by atoms with E-state index >= 15 is 0 Å². The molecule has 0 radical (unpaired) electrons. The number of rotatable bonds is 4. The molecule has 0 aromatic carbocycles. The standard InChI is InChI=1S/C12H19ClN4O/c1-8(2)17-4-3-9(6-17)5-14-11-10(13)12(18)16-7-15-11/h7-9H,3-6H2,1-2H3,(H2,14,15,16,18). The molecular formula is C12H19ClN4O. The topological polar surface area (TPSA) is 61.0 Å². The van der Waals surface area contributed by atoms with Crippen molar-refractivity contribution in [3.63, 3.8) is 0 Å². The van der Waals surface area contributed by atoms with Gasteiger partial charge in [0.25, 0.3) is 5.56 Å². The van der Waals surface area contributed by atoms with Crippen molar-refractivity contribution in [3.05, 3.63) is 21.7 Å². The van der Waals surface area contributed by atoms with E-state index in [9.17, 15) is 4.79 Å². The van der Waals surface area contributed by atoms with Crippen LogP contribution in [0.15, 0.2) is 11.1 Å². The van der Waals surface area contributed by atoms with Crippen LogP contribution in [0.25, 0.3) is 0 Å². The Balaban J connectivity index is 1.89. The van der Waals surface area contributed by atoms with E-state index in [1.54, 1.807) is 0 Å². The van der Waals surface area contributed by atoms with Crippen LogP contribution in [0.1, 0.15) is 20.3 Å². The lowest BCUT2D eigenvalue weighted by atomic mass is 10.1. The number of hydrogen-bond donors (Lipinski definition) is 2. The van der Waals surface area contributed by atoms with E-state index in [1.165, 1.54) is 12.7 Å². The maximum absolute atomic E-state index is 11.3. The summed E-state index contributed by atoms with van der Waals surface area (Å²) in [6, 6.07) is 0.594. The number of H-pyrrole nitrogens is 1. The first-order valence-electron chi connectivity index (χ1n) is 6.29. The predicted molar refractivity (Wildman–Crippen MR) is 73.2 cm³/mol. The van der Waals surface area contributed by atoms with Gasteiger partial charge in [-0.1, -0.05) is 11.6 Å². The Morgan fingerprint density at radius 3 is 3.11 bits per heavy atom. The number of aromatic amines is 1. The molecule has 1 aliphatic rings. The average Bonchev–Trinajstić information content (AvgIpc) is 2.80. The summed E-state index contributed by atoms with van der Waals surface area (Å²) in [4.78, 5) is 20.2. The molecule has 1 saturated heterocycles. The molecule has 1 unspecified atom stereocenters. The zero-order valence-corrected chi connectivity index (χ0v) is 11.5. The van der Waals surface area contributed by atoms with Gasteiger partial charge in [-0.25, -0.2) is 4.98 Å². The molecular weight excluding hydrogens is 252 g/mol. The minimum absolute atomic E-state index is 0.135. The zero-order valence-electron chi connectivity index (χ0n) is 10.7. The van der Waals surface area contributed by atoms with Gasteiger partial charge < -0.3 is 15.2 Å². The van der Waals surface area contributed by atoms with Gasteiger partial charge in [0, 0.05) is 19.1 Å². The number of likely N-dealkylation sites (tertiary alicyclic amines) is 1. The van der Waals surface area contributed by atoms with Crippen molar-refractivity contribution >= 4 is 17.4 Å². The second-order valence-electron chi connectivity index (χ2n) is 5.02. The number of halogens is 1. The lowest BCUT2D eigenvalue weighted by Gasteiger charge is -2.20. The van der Waals surface area contributed by atoms with Crippen LogP contribution in [0.3, 0.4) is 0 Å². The van der Waals surface area contributed by atoms with Gasteiger partial charge in [0.1, 0.15) is 5.02 Å². The Morgan fingerprint density at radius 1 is 1.67 bits per heavy atom. The summed E-state index contributed by atoms with van der Waals surface area (Å²) < 4.78 is 0. The first-order chi connectivity index (χ1) is 8.58. The summed E-state index contributed by atoms with van der Waals surface area (Å²) in [6.07, 6.45) is 2.54. The van der Waals surface area contributed by atoms with Crippen LogP contribution in [0.4, 0.5) is 5.82 Å². The lowest BCUT2D eigenvalue weighted by molar-refractivity contribution is 0.266. The number of nitrogens with zero attached hydrogens (tertiary/aromatic N) is 2. The first-order valence-corrected chi connectivity index (χ1v) is 6.67. The molecule has 2 rings (SSSR count). The summed E-state index contributed by atoms with van der Waals surface area (Å²) in [6.45, 7) is 7.46. The van der Waals surface area contributed by atoms with Crippen molar-refractivity contribution in [1.82, 2.24) is 14.9 Å². The first kappa shape index (κ1) is 13.4. The Kier molecular flexibility index (Phi) is 4.24. The highest BCUT2D eigenvalue weighted by Crippen LogP contribution is 2.20.